The van der Waals surface area contributed by atoms with E-state index in [1.54, 1.807) is 24.9 Å². The lowest BCUT2D eigenvalue weighted by molar-refractivity contribution is 0.415. The van der Waals surface area contributed by atoms with E-state index in [1.165, 1.54) is 22.7 Å². The lowest BCUT2D eigenvalue weighted by Gasteiger charge is -2.03. The molecule has 132 valence electrons. The molecule has 2 aromatic heterocycles. The van der Waals surface area contributed by atoms with Crippen molar-refractivity contribution >= 4 is 51.4 Å². The highest BCUT2D eigenvalue weighted by atomic mass is 32.1. The molecule has 1 N–H and O–H groups in total. The number of hydrogen-bond acceptors (Lipinski definition) is 8. The Morgan fingerprint density at radius 2 is 2.12 bits per heavy atom. The first kappa shape index (κ1) is 16.7. The molecule has 1 aromatic carbocycles. The zero-order valence-electron chi connectivity index (χ0n) is 14.3. The summed E-state index contributed by atoms with van der Waals surface area (Å²) in [6.45, 7) is 1.88. The lowest BCUT2D eigenvalue weighted by Crippen LogP contribution is -2.08. The fraction of sp³-hybridized carbons (Fsp3) is 0.176. The van der Waals surface area contributed by atoms with Crippen LogP contribution in [-0.2, 0) is 7.05 Å². The van der Waals surface area contributed by atoms with Crippen molar-refractivity contribution in [3.63, 3.8) is 0 Å². The average molecular weight is 385 g/mol. The lowest BCUT2D eigenvalue weighted by atomic mass is 10.1. The number of aromatic hydroxyl groups is 1. The third-order valence-corrected chi connectivity index (χ3v) is 5.68. The first-order chi connectivity index (χ1) is 12.5. The van der Waals surface area contributed by atoms with E-state index in [0.717, 1.165) is 27.6 Å². The quantitative estimate of drug-likeness (QED) is 0.748. The number of ether oxygens (including phenoxy) is 1. The Kier molecular flexibility index (Phi) is 4.17. The minimum Gasteiger partial charge on any atom is -0.497 e. The molecule has 1 aliphatic heterocycles. The van der Waals surface area contributed by atoms with E-state index >= 15 is 0 Å². The first-order valence-corrected chi connectivity index (χ1v) is 9.36. The molecular weight excluding hydrogens is 370 g/mol. The maximum atomic E-state index is 10.5. The van der Waals surface area contributed by atoms with Crippen molar-refractivity contribution in [1.82, 2.24) is 14.8 Å². The van der Waals surface area contributed by atoms with Gasteiger partial charge in [-0.2, -0.15) is 4.99 Å². The van der Waals surface area contributed by atoms with E-state index in [-0.39, 0.29) is 5.88 Å². The second kappa shape index (κ2) is 6.50. The molecule has 7 nitrogen and oxygen atoms in total. The van der Waals surface area contributed by atoms with Gasteiger partial charge in [0.25, 0.3) is 0 Å². The molecule has 0 saturated heterocycles. The molecule has 0 radical (unpaired) electrons. The normalized spacial score (nSPS) is 15.0. The Hall–Kier alpha value is -2.78. The average Bonchev–Trinajstić information content (AvgIpc) is 3.30. The van der Waals surface area contributed by atoms with Crippen LogP contribution in [-0.4, -0.2) is 33.2 Å². The first-order valence-electron chi connectivity index (χ1n) is 7.73. The predicted octanol–water partition coefficient (Wildman–Crippen LogP) is 3.45. The van der Waals surface area contributed by atoms with Gasteiger partial charge < -0.3 is 9.84 Å². The molecule has 0 fully saturated rings. The number of aliphatic imine (C=N–C) groups is 1. The molecule has 1 aliphatic rings. The highest BCUT2D eigenvalue weighted by molar-refractivity contribution is 7.15. The van der Waals surface area contributed by atoms with E-state index in [4.69, 9.17) is 4.74 Å². The molecule has 0 saturated carbocycles. The summed E-state index contributed by atoms with van der Waals surface area (Å²) >= 11 is 2.78. The van der Waals surface area contributed by atoms with Crippen LogP contribution in [0, 0.1) is 6.92 Å². The number of fused-ring (bicyclic) bond motifs is 1. The number of rotatable bonds is 3. The van der Waals surface area contributed by atoms with Crippen molar-refractivity contribution < 1.29 is 9.84 Å². The monoisotopic (exact) mass is 385 g/mol. The zero-order chi connectivity index (χ0) is 18.3. The number of aromatic nitrogens is 3. The van der Waals surface area contributed by atoms with Gasteiger partial charge in [-0.15, -0.1) is 10.2 Å². The van der Waals surface area contributed by atoms with Gasteiger partial charge in [0.2, 0.25) is 11.0 Å². The fourth-order valence-corrected chi connectivity index (χ4v) is 4.11. The number of benzene rings is 1. The van der Waals surface area contributed by atoms with Crippen LogP contribution in [0.5, 0.6) is 11.6 Å². The van der Waals surface area contributed by atoms with E-state index in [2.05, 4.69) is 20.2 Å². The molecule has 9 heteroatoms. The van der Waals surface area contributed by atoms with Gasteiger partial charge in [-0.1, -0.05) is 22.7 Å². The van der Waals surface area contributed by atoms with Gasteiger partial charge in [0.15, 0.2) is 4.80 Å². The van der Waals surface area contributed by atoms with Gasteiger partial charge in [-0.3, -0.25) is 9.56 Å². The third kappa shape index (κ3) is 2.95. The highest BCUT2D eigenvalue weighted by Gasteiger charge is 2.16. The number of hydrogen-bond donors (Lipinski definition) is 1. The van der Waals surface area contributed by atoms with E-state index in [0.29, 0.717) is 14.8 Å². The maximum Gasteiger partial charge on any atom is 0.234 e. The third-order valence-electron chi connectivity index (χ3n) is 3.88. The molecule has 26 heavy (non-hydrogen) atoms. The number of aryl methyl sites for hydroxylation is 1. The van der Waals surface area contributed by atoms with Crippen molar-refractivity contribution in [3.8, 4) is 11.6 Å². The van der Waals surface area contributed by atoms with Crippen LogP contribution in [0.3, 0.4) is 0 Å². The van der Waals surface area contributed by atoms with Gasteiger partial charge in [-0.25, -0.2) is 0 Å². The van der Waals surface area contributed by atoms with Gasteiger partial charge in [0.05, 0.1) is 17.7 Å². The van der Waals surface area contributed by atoms with Crippen molar-refractivity contribution in [2.75, 3.05) is 7.11 Å². The van der Waals surface area contributed by atoms with Crippen LogP contribution >= 0.6 is 22.7 Å². The topological polar surface area (TPSA) is 84.9 Å². The Morgan fingerprint density at radius 1 is 1.27 bits per heavy atom. The Morgan fingerprint density at radius 3 is 2.85 bits per heavy atom. The van der Waals surface area contributed by atoms with Crippen molar-refractivity contribution in [2.45, 2.75) is 6.92 Å². The number of allylic oxidation sites excluding steroid dienone is 1. The zero-order valence-corrected chi connectivity index (χ0v) is 15.9. The Balaban J connectivity index is 1.77. The Bertz CT molecular complexity index is 1120. The molecule has 3 aromatic rings. The van der Waals surface area contributed by atoms with Crippen LogP contribution in [0.1, 0.15) is 15.4 Å². The summed E-state index contributed by atoms with van der Waals surface area (Å²) in [7, 11) is 3.40. The molecule has 0 bridgehead atoms. The maximum absolute atomic E-state index is 10.5. The minimum absolute atomic E-state index is 0.146. The van der Waals surface area contributed by atoms with Crippen molar-refractivity contribution in [2.24, 2.45) is 17.0 Å². The second-order valence-electron chi connectivity index (χ2n) is 5.59. The van der Waals surface area contributed by atoms with Gasteiger partial charge in [0, 0.05) is 24.4 Å². The van der Waals surface area contributed by atoms with Crippen LogP contribution in [0.15, 0.2) is 28.2 Å². The van der Waals surface area contributed by atoms with Crippen LogP contribution in [0.2, 0.25) is 0 Å². The Labute approximate surface area is 157 Å². The standard InChI is InChI=1S/C17H15N5O2S2/c1-9-20-21-16(25-9)19-17-22(2)15(23)14(26-17)6-10-8-18-13-5-4-11(24-3)7-12(10)13/h4-8,23H,1-3H3/b10-6-,19-17-. The number of methoxy groups -OCH3 is 1. The van der Waals surface area contributed by atoms with E-state index in [1.807, 2.05) is 31.2 Å². The van der Waals surface area contributed by atoms with Crippen LogP contribution in [0.25, 0.3) is 11.6 Å². The van der Waals surface area contributed by atoms with Crippen LogP contribution < -0.4 is 9.54 Å². The predicted molar refractivity (Wildman–Crippen MR) is 104 cm³/mol. The SMILES string of the molecule is COc1ccc2c(c1)/C(=C\c1s/c(=N\c3nnc(C)s3)n(C)c1O)C=N2. The molecule has 0 amide bonds. The summed E-state index contributed by atoms with van der Waals surface area (Å²) in [6, 6.07) is 5.73. The van der Waals surface area contributed by atoms with Gasteiger partial charge in [0.1, 0.15) is 10.8 Å². The number of nitrogens with zero attached hydrogens (tertiary/aromatic N) is 5. The van der Waals surface area contributed by atoms with Gasteiger partial charge in [-0.05, 0) is 31.2 Å². The molecule has 0 aliphatic carbocycles. The second-order valence-corrected chi connectivity index (χ2v) is 7.76. The fourth-order valence-electron chi connectivity index (χ4n) is 2.52. The van der Waals surface area contributed by atoms with Crippen LogP contribution in [0.4, 0.5) is 10.8 Å². The number of thiazole rings is 1. The summed E-state index contributed by atoms with van der Waals surface area (Å²) < 4.78 is 6.92. The minimum atomic E-state index is 0.146. The largest absolute Gasteiger partial charge is 0.497 e. The molecule has 4 rings (SSSR count). The molecular formula is C17H15N5O2S2. The smallest absolute Gasteiger partial charge is 0.234 e. The summed E-state index contributed by atoms with van der Waals surface area (Å²) in [6.07, 6.45) is 3.69. The summed E-state index contributed by atoms with van der Waals surface area (Å²) in [5.41, 5.74) is 2.76. The van der Waals surface area contributed by atoms with Crippen molar-refractivity contribution in [3.05, 3.63) is 38.4 Å². The summed E-state index contributed by atoms with van der Waals surface area (Å²) in [4.78, 5) is 10.2. The molecule has 3 heterocycles. The molecule has 0 spiro atoms. The summed E-state index contributed by atoms with van der Waals surface area (Å²) in [5.74, 6) is 0.913. The highest BCUT2D eigenvalue weighted by Crippen LogP contribution is 2.36. The van der Waals surface area contributed by atoms with Crippen molar-refractivity contribution in [1.29, 1.82) is 0 Å². The summed E-state index contributed by atoms with van der Waals surface area (Å²) in [5, 5.41) is 19.9. The molecule has 0 unspecified atom stereocenters. The van der Waals surface area contributed by atoms with Gasteiger partial charge >= 0.3 is 0 Å². The van der Waals surface area contributed by atoms with E-state index < -0.39 is 0 Å². The van der Waals surface area contributed by atoms with E-state index in [9.17, 15) is 5.11 Å². The molecule has 0 atom stereocenters.